The zero-order chi connectivity index (χ0) is 15.3. The van der Waals surface area contributed by atoms with Crippen molar-refractivity contribution in [3.8, 4) is 0 Å². The molecule has 1 saturated heterocycles. The van der Waals surface area contributed by atoms with Crippen LogP contribution in [0.4, 0.5) is 4.79 Å². The monoisotopic (exact) mass is 285 g/mol. The summed E-state index contributed by atoms with van der Waals surface area (Å²) in [4.78, 5) is 36.2. The Morgan fingerprint density at radius 1 is 1.05 bits per heavy atom. The van der Waals surface area contributed by atoms with Crippen LogP contribution in [0.3, 0.4) is 0 Å². The highest BCUT2D eigenvalue weighted by atomic mass is 16.4. The van der Waals surface area contributed by atoms with Gasteiger partial charge >= 0.3 is 12.0 Å². The van der Waals surface area contributed by atoms with Crippen molar-refractivity contribution >= 4 is 17.9 Å². The number of nitrogens with zero attached hydrogens (tertiary/aromatic N) is 1. The maximum atomic E-state index is 12.0. The summed E-state index contributed by atoms with van der Waals surface area (Å²) in [5, 5.41) is 13.9. The van der Waals surface area contributed by atoms with E-state index >= 15 is 0 Å². The van der Waals surface area contributed by atoms with E-state index in [9.17, 15) is 14.4 Å². The summed E-state index contributed by atoms with van der Waals surface area (Å²) in [7, 11) is 0. The zero-order valence-electron chi connectivity index (χ0n) is 12.2. The van der Waals surface area contributed by atoms with E-state index in [-0.39, 0.29) is 5.91 Å². The molecule has 0 aliphatic carbocycles. The predicted molar refractivity (Wildman–Crippen MR) is 73.2 cm³/mol. The van der Waals surface area contributed by atoms with Crippen LogP contribution in [0, 0.1) is 5.92 Å². The molecule has 0 spiro atoms. The number of nitrogens with one attached hydrogen (secondary N) is 2. The van der Waals surface area contributed by atoms with Gasteiger partial charge < -0.3 is 20.6 Å². The highest BCUT2D eigenvalue weighted by molar-refractivity contribution is 5.87. The lowest BCUT2D eigenvalue weighted by molar-refractivity contribution is -0.141. The maximum Gasteiger partial charge on any atom is 0.315 e. The second kappa shape index (κ2) is 7.12. The Balaban J connectivity index is 2.41. The number of carboxylic acids is 1. The molecule has 0 aromatic rings. The van der Waals surface area contributed by atoms with E-state index in [0.717, 1.165) is 25.9 Å². The van der Waals surface area contributed by atoms with Gasteiger partial charge in [-0.1, -0.05) is 0 Å². The van der Waals surface area contributed by atoms with Crippen LogP contribution in [0.5, 0.6) is 0 Å². The molecule has 0 aromatic carbocycles. The van der Waals surface area contributed by atoms with E-state index in [1.807, 2.05) is 0 Å². The van der Waals surface area contributed by atoms with Gasteiger partial charge in [-0.3, -0.25) is 9.59 Å². The number of amides is 3. The summed E-state index contributed by atoms with van der Waals surface area (Å²) in [5.41, 5.74) is 0. The first-order chi connectivity index (χ1) is 9.32. The van der Waals surface area contributed by atoms with Crippen molar-refractivity contribution in [2.24, 2.45) is 5.92 Å². The molecule has 114 valence electrons. The molecule has 0 radical (unpaired) electrons. The molecule has 1 aliphatic rings. The summed E-state index contributed by atoms with van der Waals surface area (Å²) >= 11 is 0. The fourth-order valence-corrected chi connectivity index (χ4v) is 2.06. The van der Waals surface area contributed by atoms with Gasteiger partial charge in [-0.05, 0) is 33.6 Å². The average Bonchev–Trinajstić information content (AvgIpc) is 2.89. The molecule has 3 N–H and O–H groups in total. The first kappa shape index (κ1) is 16.3. The van der Waals surface area contributed by atoms with E-state index in [1.165, 1.54) is 6.92 Å². The maximum absolute atomic E-state index is 12.0. The molecule has 7 heteroatoms. The van der Waals surface area contributed by atoms with Gasteiger partial charge in [-0.15, -0.1) is 0 Å². The number of likely N-dealkylation sites (tertiary alicyclic amines) is 1. The van der Waals surface area contributed by atoms with Crippen LogP contribution in [-0.2, 0) is 9.59 Å². The van der Waals surface area contributed by atoms with Gasteiger partial charge in [0, 0.05) is 19.1 Å². The molecule has 1 heterocycles. The fourth-order valence-electron chi connectivity index (χ4n) is 2.06. The number of hydrogen-bond donors (Lipinski definition) is 3. The van der Waals surface area contributed by atoms with Crippen molar-refractivity contribution in [2.45, 2.75) is 45.7 Å². The van der Waals surface area contributed by atoms with Gasteiger partial charge in [0.05, 0.1) is 5.92 Å². The molecule has 3 amide bonds. The normalized spacial score (nSPS) is 19.1. The average molecular weight is 285 g/mol. The standard InChI is InChI=1S/C13H23N3O4/c1-8(12(18)19)9(2)14-13(20)15-10(3)11(17)16-6-4-5-7-16/h8-10H,4-7H2,1-3H3,(H,18,19)(H2,14,15,20). The fraction of sp³-hybridized carbons (Fsp3) is 0.769. The Morgan fingerprint density at radius 2 is 1.60 bits per heavy atom. The summed E-state index contributed by atoms with van der Waals surface area (Å²) in [6.45, 7) is 6.24. The van der Waals surface area contributed by atoms with E-state index < -0.39 is 30.0 Å². The number of aliphatic carboxylic acids is 1. The Morgan fingerprint density at radius 3 is 2.10 bits per heavy atom. The molecule has 3 atom stereocenters. The number of rotatable bonds is 5. The largest absolute Gasteiger partial charge is 0.481 e. The molecule has 0 bridgehead atoms. The van der Waals surface area contributed by atoms with E-state index in [0.29, 0.717) is 0 Å². The minimum absolute atomic E-state index is 0.100. The SMILES string of the molecule is CC(NC(=O)NC(C)C(C)C(=O)O)C(=O)N1CCCC1. The van der Waals surface area contributed by atoms with Gasteiger partial charge in [0.15, 0.2) is 0 Å². The topological polar surface area (TPSA) is 98.7 Å². The summed E-state index contributed by atoms with van der Waals surface area (Å²) in [6, 6.07) is -1.65. The van der Waals surface area contributed by atoms with Crippen molar-refractivity contribution < 1.29 is 19.5 Å². The molecule has 3 unspecified atom stereocenters. The lowest BCUT2D eigenvalue weighted by atomic mass is 10.0. The molecule has 1 rings (SSSR count). The minimum Gasteiger partial charge on any atom is -0.481 e. The number of carbonyl (C=O) groups is 3. The van der Waals surface area contributed by atoms with Crippen LogP contribution in [0.25, 0.3) is 0 Å². The molecule has 0 saturated carbocycles. The molecular formula is C13H23N3O4. The minimum atomic E-state index is -0.973. The second-order valence-electron chi connectivity index (χ2n) is 5.29. The lowest BCUT2D eigenvalue weighted by Gasteiger charge is -2.23. The highest BCUT2D eigenvalue weighted by Gasteiger charge is 2.26. The molecule has 1 fully saturated rings. The van der Waals surface area contributed by atoms with Crippen molar-refractivity contribution in [2.75, 3.05) is 13.1 Å². The van der Waals surface area contributed by atoms with Crippen LogP contribution < -0.4 is 10.6 Å². The summed E-state index contributed by atoms with van der Waals surface area (Å²) in [5.74, 6) is -1.76. The molecule has 1 aliphatic heterocycles. The van der Waals surface area contributed by atoms with E-state index in [2.05, 4.69) is 10.6 Å². The van der Waals surface area contributed by atoms with E-state index in [1.54, 1.807) is 18.7 Å². The van der Waals surface area contributed by atoms with Crippen LogP contribution in [0.15, 0.2) is 0 Å². The Kier molecular flexibility index (Phi) is 5.79. The third-order valence-electron chi connectivity index (χ3n) is 3.63. The van der Waals surface area contributed by atoms with Gasteiger partial charge in [-0.25, -0.2) is 4.79 Å². The van der Waals surface area contributed by atoms with Crippen molar-refractivity contribution in [3.63, 3.8) is 0 Å². The molecule has 20 heavy (non-hydrogen) atoms. The lowest BCUT2D eigenvalue weighted by Crippen LogP contribution is -2.52. The Hall–Kier alpha value is -1.79. The summed E-state index contributed by atoms with van der Waals surface area (Å²) < 4.78 is 0. The van der Waals surface area contributed by atoms with Crippen molar-refractivity contribution in [1.29, 1.82) is 0 Å². The van der Waals surface area contributed by atoms with Crippen LogP contribution >= 0.6 is 0 Å². The zero-order valence-corrected chi connectivity index (χ0v) is 12.2. The predicted octanol–water partition coefficient (Wildman–Crippen LogP) is 0.406. The van der Waals surface area contributed by atoms with Crippen molar-refractivity contribution in [3.05, 3.63) is 0 Å². The van der Waals surface area contributed by atoms with Gasteiger partial charge in [0.25, 0.3) is 0 Å². The second-order valence-corrected chi connectivity index (χ2v) is 5.29. The number of carbonyl (C=O) groups excluding carboxylic acids is 2. The van der Waals surface area contributed by atoms with Crippen LogP contribution in [-0.4, -0.2) is 53.1 Å². The Bertz CT molecular complexity index is 380. The van der Waals surface area contributed by atoms with Gasteiger partial charge in [0.1, 0.15) is 6.04 Å². The van der Waals surface area contributed by atoms with Gasteiger partial charge in [-0.2, -0.15) is 0 Å². The van der Waals surface area contributed by atoms with Crippen LogP contribution in [0.1, 0.15) is 33.6 Å². The van der Waals surface area contributed by atoms with Crippen molar-refractivity contribution in [1.82, 2.24) is 15.5 Å². The quantitative estimate of drug-likeness (QED) is 0.681. The third-order valence-corrected chi connectivity index (χ3v) is 3.63. The first-order valence-corrected chi connectivity index (χ1v) is 6.91. The number of hydrogen-bond acceptors (Lipinski definition) is 3. The molecular weight excluding hydrogens is 262 g/mol. The molecule has 7 nitrogen and oxygen atoms in total. The number of carboxylic acid groups (broad SMARTS) is 1. The first-order valence-electron chi connectivity index (χ1n) is 6.91. The summed E-state index contributed by atoms with van der Waals surface area (Å²) in [6.07, 6.45) is 2.00. The van der Waals surface area contributed by atoms with Crippen LogP contribution in [0.2, 0.25) is 0 Å². The molecule has 0 aromatic heterocycles. The third kappa shape index (κ3) is 4.40. The van der Waals surface area contributed by atoms with E-state index in [4.69, 9.17) is 5.11 Å². The smallest absolute Gasteiger partial charge is 0.315 e. The van der Waals surface area contributed by atoms with Gasteiger partial charge in [0.2, 0.25) is 5.91 Å². The number of urea groups is 1. The highest BCUT2D eigenvalue weighted by Crippen LogP contribution is 2.09. The Labute approximate surface area is 118 Å².